The molecule has 0 saturated carbocycles. The second-order valence-electron chi connectivity index (χ2n) is 4.17. The quantitative estimate of drug-likeness (QED) is 0.463. The van der Waals surface area contributed by atoms with Crippen LogP contribution in [0.2, 0.25) is 0 Å². The Morgan fingerprint density at radius 2 is 1.69 bits per heavy atom. The van der Waals surface area contributed by atoms with Gasteiger partial charge in [0.05, 0.1) is 24.9 Å². The maximum Gasteiger partial charge on any atom is 0.0989 e. The number of nitrogens with one attached hydrogen (secondary N) is 1. The second-order valence-corrected chi connectivity index (χ2v) is 4.17. The molecular weight excluding hydrogens is 170 g/mol. The van der Waals surface area contributed by atoms with E-state index in [0.717, 1.165) is 6.42 Å². The Labute approximate surface area is 78.6 Å². The van der Waals surface area contributed by atoms with Crippen LogP contribution in [0.1, 0.15) is 20.3 Å². The van der Waals surface area contributed by atoms with E-state index in [1.54, 1.807) is 0 Å². The summed E-state index contributed by atoms with van der Waals surface area (Å²) in [5.74, 6) is 0.469. The molecule has 13 heavy (non-hydrogen) atoms. The van der Waals surface area contributed by atoms with Crippen molar-refractivity contribution < 1.29 is 15.3 Å². The minimum Gasteiger partial charge on any atom is -0.395 e. The molecule has 4 nitrogen and oxygen atoms in total. The van der Waals surface area contributed by atoms with E-state index in [1.165, 1.54) is 0 Å². The first kappa shape index (κ1) is 10.9. The van der Waals surface area contributed by atoms with Crippen LogP contribution in [0.5, 0.6) is 0 Å². The molecule has 0 aromatic carbocycles. The topological polar surface area (TPSA) is 72.7 Å². The first-order chi connectivity index (χ1) is 6.06. The summed E-state index contributed by atoms with van der Waals surface area (Å²) in [6.45, 7) is 3.99. The molecule has 4 heteroatoms. The highest BCUT2D eigenvalue weighted by Crippen LogP contribution is 2.19. The van der Waals surface area contributed by atoms with Crippen LogP contribution in [0, 0.1) is 5.92 Å². The third kappa shape index (κ3) is 2.40. The van der Waals surface area contributed by atoms with E-state index in [1.807, 2.05) is 0 Å². The molecule has 0 aromatic rings. The summed E-state index contributed by atoms with van der Waals surface area (Å²) in [6.07, 6.45) is -0.775. The maximum absolute atomic E-state index is 9.58. The molecule has 0 radical (unpaired) electrons. The van der Waals surface area contributed by atoms with E-state index < -0.39 is 12.2 Å². The largest absolute Gasteiger partial charge is 0.395 e. The monoisotopic (exact) mass is 189 g/mol. The zero-order valence-corrected chi connectivity index (χ0v) is 8.14. The molecule has 0 amide bonds. The molecule has 1 heterocycles. The van der Waals surface area contributed by atoms with Gasteiger partial charge in [0.15, 0.2) is 0 Å². The SMILES string of the molecule is CC(C)C[C@H]1NC(CO)[C@H](O)[C@@H]1O. The summed E-state index contributed by atoms with van der Waals surface area (Å²) in [6, 6.07) is -0.467. The van der Waals surface area contributed by atoms with Gasteiger partial charge in [0.1, 0.15) is 0 Å². The van der Waals surface area contributed by atoms with Gasteiger partial charge in [-0.2, -0.15) is 0 Å². The Hall–Kier alpha value is -0.160. The van der Waals surface area contributed by atoms with Gasteiger partial charge in [0.25, 0.3) is 0 Å². The molecular formula is C9H19NO3. The Kier molecular flexibility index (Phi) is 3.67. The van der Waals surface area contributed by atoms with Crippen molar-refractivity contribution in [2.75, 3.05) is 6.61 Å². The highest BCUT2D eigenvalue weighted by Gasteiger charge is 2.40. The standard InChI is InChI=1S/C9H19NO3/c1-5(2)3-6-8(12)9(13)7(4-11)10-6/h5-13H,3-4H2,1-2H3/t6-,7?,8-,9+/m1/s1. The van der Waals surface area contributed by atoms with Crippen LogP contribution in [0.3, 0.4) is 0 Å². The number of hydrogen-bond donors (Lipinski definition) is 4. The second kappa shape index (κ2) is 4.37. The van der Waals surface area contributed by atoms with Crippen LogP contribution in [0.25, 0.3) is 0 Å². The van der Waals surface area contributed by atoms with E-state index in [9.17, 15) is 10.2 Å². The van der Waals surface area contributed by atoms with Gasteiger partial charge in [-0.1, -0.05) is 13.8 Å². The lowest BCUT2D eigenvalue weighted by Crippen LogP contribution is -2.36. The predicted molar refractivity (Wildman–Crippen MR) is 49.3 cm³/mol. The average Bonchev–Trinajstić information content (AvgIpc) is 2.32. The summed E-state index contributed by atoms with van der Waals surface area (Å²) in [5, 5.41) is 30.9. The van der Waals surface area contributed by atoms with Gasteiger partial charge < -0.3 is 20.6 Å². The Morgan fingerprint density at radius 3 is 2.08 bits per heavy atom. The Morgan fingerprint density at radius 1 is 1.15 bits per heavy atom. The van der Waals surface area contributed by atoms with Crippen LogP contribution < -0.4 is 5.32 Å². The van der Waals surface area contributed by atoms with Gasteiger partial charge in [-0.05, 0) is 12.3 Å². The van der Waals surface area contributed by atoms with Crippen LogP contribution >= 0.6 is 0 Å². The summed E-state index contributed by atoms with van der Waals surface area (Å²) < 4.78 is 0. The molecule has 1 aliphatic heterocycles. The van der Waals surface area contributed by atoms with E-state index in [-0.39, 0.29) is 18.7 Å². The van der Waals surface area contributed by atoms with Crippen molar-refractivity contribution in [2.24, 2.45) is 5.92 Å². The fourth-order valence-electron chi connectivity index (χ4n) is 1.82. The van der Waals surface area contributed by atoms with Crippen LogP contribution in [-0.2, 0) is 0 Å². The van der Waals surface area contributed by atoms with Gasteiger partial charge in [-0.3, -0.25) is 0 Å². The summed E-state index contributed by atoms with van der Waals surface area (Å²) in [4.78, 5) is 0. The molecule has 4 atom stereocenters. The summed E-state index contributed by atoms with van der Waals surface area (Å²) in [7, 11) is 0. The van der Waals surface area contributed by atoms with Gasteiger partial charge >= 0.3 is 0 Å². The molecule has 0 aromatic heterocycles. The van der Waals surface area contributed by atoms with E-state index >= 15 is 0 Å². The highest BCUT2D eigenvalue weighted by molar-refractivity contribution is 4.97. The first-order valence-electron chi connectivity index (χ1n) is 4.79. The van der Waals surface area contributed by atoms with E-state index in [0.29, 0.717) is 5.92 Å². The third-order valence-electron chi connectivity index (χ3n) is 2.52. The molecule has 0 spiro atoms. The zero-order valence-electron chi connectivity index (χ0n) is 8.14. The minimum absolute atomic E-state index is 0.0906. The lowest BCUT2D eigenvalue weighted by atomic mass is 9.99. The van der Waals surface area contributed by atoms with Gasteiger partial charge in [-0.15, -0.1) is 0 Å². The molecule has 1 fully saturated rings. The molecule has 78 valence electrons. The predicted octanol–water partition coefficient (Wildman–Crippen LogP) is -0.913. The van der Waals surface area contributed by atoms with Crippen LogP contribution in [0.4, 0.5) is 0 Å². The number of aliphatic hydroxyl groups is 3. The molecule has 4 N–H and O–H groups in total. The lowest BCUT2D eigenvalue weighted by molar-refractivity contribution is 0.0176. The maximum atomic E-state index is 9.58. The molecule has 1 saturated heterocycles. The van der Waals surface area contributed by atoms with Gasteiger partial charge in [0.2, 0.25) is 0 Å². The van der Waals surface area contributed by atoms with E-state index in [4.69, 9.17) is 5.11 Å². The molecule has 0 aliphatic carbocycles. The molecule has 1 unspecified atom stereocenters. The van der Waals surface area contributed by atoms with Crippen molar-refractivity contribution in [1.82, 2.24) is 5.32 Å². The van der Waals surface area contributed by atoms with Crippen molar-refractivity contribution in [3.63, 3.8) is 0 Å². The molecule has 1 rings (SSSR count). The Bertz CT molecular complexity index is 163. The fourth-order valence-corrected chi connectivity index (χ4v) is 1.82. The van der Waals surface area contributed by atoms with Crippen molar-refractivity contribution in [3.8, 4) is 0 Å². The number of rotatable bonds is 3. The average molecular weight is 189 g/mol. The normalized spacial score (nSPS) is 40.2. The fraction of sp³-hybridized carbons (Fsp3) is 1.00. The van der Waals surface area contributed by atoms with Crippen molar-refractivity contribution in [2.45, 2.75) is 44.6 Å². The first-order valence-corrected chi connectivity index (χ1v) is 4.79. The van der Waals surface area contributed by atoms with Gasteiger partial charge in [0, 0.05) is 6.04 Å². The van der Waals surface area contributed by atoms with Crippen molar-refractivity contribution >= 4 is 0 Å². The summed E-state index contributed by atoms with van der Waals surface area (Å²) in [5.41, 5.74) is 0. The van der Waals surface area contributed by atoms with Crippen molar-refractivity contribution in [1.29, 1.82) is 0 Å². The molecule has 1 aliphatic rings. The number of aliphatic hydroxyl groups excluding tert-OH is 3. The highest BCUT2D eigenvalue weighted by atomic mass is 16.3. The van der Waals surface area contributed by atoms with Gasteiger partial charge in [-0.25, -0.2) is 0 Å². The molecule has 0 bridgehead atoms. The summed E-state index contributed by atoms with van der Waals surface area (Å²) >= 11 is 0. The smallest absolute Gasteiger partial charge is 0.0989 e. The van der Waals surface area contributed by atoms with Crippen molar-refractivity contribution in [3.05, 3.63) is 0 Å². The zero-order chi connectivity index (χ0) is 10.0. The van der Waals surface area contributed by atoms with Crippen LogP contribution in [0.15, 0.2) is 0 Å². The van der Waals surface area contributed by atoms with E-state index in [2.05, 4.69) is 19.2 Å². The lowest BCUT2D eigenvalue weighted by Gasteiger charge is -2.17. The minimum atomic E-state index is -0.839. The number of hydrogen-bond acceptors (Lipinski definition) is 4. The van der Waals surface area contributed by atoms with Crippen LogP contribution in [-0.4, -0.2) is 46.2 Å². The Balaban J connectivity index is 2.50. The third-order valence-corrected chi connectivity index (χ3v) is 2.52.